The quantitative estimate of drug-likeness (QED) is 0.380. The van der Waals surface area contributed by atoms with Crippen molar-refractivity contribution in [3.05, 3.63) is 58.7 Å². The van der Waals surface area contributed by atoms with Gasteiger partial charge in [-0.05, 0) is 68.7 Å². The van der Waals surface area contributed by atoms with Crippen LogP contribution in [0, 0.1) is 0 Å². The maximum Gasteiger partial charge on any atom is 0.416 e. The molecule has 2 aromatic carbocycles. The normalized spacial score (nSPS) is 16.7. The van der Waals surface area contributed by atoms with Crippen LogP contribution in [0.4, 0.5) is 42.5 Å². The molecule has 14 heteroatoms. The minimum Gasteiger partial charge on any atom is -0.446 e. The SMILES string of the molecule is CC(=O)N(Cc1cc(C(F)(F)F)cc(C(F)(F)F)c1)C1CCCN(C(=O)OC(C)C)c2ccc(NS(C)=O)cc21. The summed E-state index contributed by atoms with van der Waals surface area (Å²) < 4.78 is 101. The fraction of sp³-hybridized carbons (Fsp3) is 0.462. The van der Waals surface area contributed by atoms with Gasteiger partial charge in [-0.15, -0.1) is 0 Å². The molecule has 0 spiro atoms. The highest BCUT2D eigenvalue weighted by atomic mass is 32.2. The van der Waals surface area contributed by atoms with E-state index in [-0.39, 0.29) is 24.6 Å². The Kier molecular flexibility index (Phi) is 9.42. The topological polar surface area (TPSA) is 79.0 Å². The summed E-state index contributed by atoms with van der Waals surface area (Å²) >= 11 is 0. The Bertz CT molecular complexity index is 1250. The number of ether oxygens (including phenoxy) is 1. The van der Waals surface area contributed by atoms with Gasteiger partial charge in [0.1, 0.15) is 11.0 Å². The first-order chi connectivity index (χ1) is 18.5. The van der Waals surface area contributed by atoms with Gasteiger partial charge in [0.2, 0.25) is 5.91 Å². The van der Waals surface area contributed by atoms with E-state index in [4.69, 9.17) is 4.74 Å². The second-order valence-corrected chi connectivity index (χ2v) is 10.7. The zero-order valence-electron chi connectivity index (χ0n) is 22.2. The van der Waals surface area contributed by atoms with Crippen molar-refractivity contribution >= 4 is 34.4 Å². The number of alkyl halides is 6. The average Bonchev–Trinajstić information content (AvgIpc) is 2.99. The van der Waals surface area contributed by atoms with E-state index in [0.717, 1.165) is 6.92 Å². The van der Waals surface area contributed by atoms with Crippen LogP contribution in [0.2, 0.25) is 0 Å². The van der Waals surface area contributed by atoms with Crippen LogP contribution in [0.25, 0.3) is 0 Å². The smallest absolute Gasteiger partial charge is 0.416 e. The number of rotatable bonds is 6. The monoisotopic (exact) mass is 593 g/mol. The summed E-state index contributed by atoms with van der Waals surface area (Å²) in [5.41, 5.74) is -2.20. The molecule has 0 bridgehead atoms. The number of amides is 2. The average molecular weight is 594 g/mol. The fourth-order valence-electron chi connectivity index (χ4n) is 4.54. The number of halogens is 6. The largest absolute Gasteiger partial charge is 0.446 e. The Balaban J connectivity index is 2.13. The van der Waals surface area contributed by atoms with Gasteiger partial charge in [-0.2, -0.15) is 26.3 Å². The van der Waals surface area contributed by atoms with Crippen LogP contribution in [0.15, 0.2) is 36.4 Å². The molecule has 2 atom stereocenters. The van der Waals surface area contributed by atoms with Crippen LogP contribution in [0.3, 0.4) is 0 Å². The van der Waals surface area contributed by atoms with Crippen molar-refractivity contribution in [3.63, 3.8) is 0 Å². The van der Waals surface area contributed by atoms with Crippen molar-refractivity contribution in [2.45, 2.75) is 64.7 Å². The van der Waals surface area contributed by atoms with Gasteiger partial charge in [-0.25, -0.2) is 9.00 Å². The van der Waals surface area contributed by atoms with Gasteiger partial charge in [0, 0.05) is 37.5 Å². The molecule has 1 aliphatic heterocycles. The van der Waals surface area contributed by atoms with Crippen LogP contribution in [-0.4, -0.2) is 40.0 Å². The van der Waals surface area contributed by atoms with Gasteiger partial charge in [-0.1, -0.05) is 0 Å². The minimum absolute atomic E-state index is 0.0313. The lowest BCUT2D eigenvalue weighted by Crippen LogP contribution is -2.35. The van der Waals surface area contributed by atoms with E-state index in [2.05, 4.69) is 4.72 Å². The van der Waals surface area contributed by atoms with Gasteiger partial charge >= 0.3 is 18.4 Å². The molecule has 2 aromatic rings. The molecule has 0 aliphatic carbocycles. The minimum atomic E-state index is -5.04. The van der Waals surface area contributed by atoms with Crippen LogP contribution in [0.1, 0.15) is 61.9 Å². The Morgan fingerprint density at radius 3 is 2.17 bits per heavy atom. The molecule has 0 fully saturated rings. The summed E-state index contributed by atoms with van der Waals surface area (Å²) in [6.45, 7) is 4.14. The summed E-state index contributed by atoms with van der Waals surface area (Å²) in [6.07, 6.45) is -9.20. The zero-order valence-corrected chi connectivity index (χ0v) is 23.0. The van der Waals surface area contributed by atoms with Crippen molar-refractivity contribution in [2.24, 2.45) is 0 Å². The summed E-state index contributed by atoms with van der Waals surface area (Å²) in [5, 5.41) is 0. The first-order valence-electron chi connectivity index (χ1n) is 12.2. The molecule has 0 aromatic heterocycles. The third-order valence-corrected chi connectivity index (χ3v) is 6.66. The van der Waals surface area contributed by atoms with Gasteiger partial charge in [0.25, 0.3) is 0 Å². The van der Waals surface area contributed by atoms with E-state index in [0.29, 0.717) is 35.5 Å². The van der Waals surface area contributed by atoms with Crippen LogP contribution < -0.4 is 9.62 Å². The molecule has 7 nitrogen and oxygen atoms in total. The van der Waals surface area contributed by atoms with Crippen LogP contribution in [-0.2, 0) is 39.4 Å². The molecule has 2 amide bonds. The Morgan fingerprint density at radius 1 is 1.07 bits per heavy atom. The molecular formula is C26H29F6N3O4S. The summed E-state index contributed by atoms with van der Waals surface area (Å²) in [7, 11) is -1.48. The van der Waals surface area contributed by atoms with Crippen LogP contribution in [0.5, 0.6) is 0 Å². The van der Waals surface area contributed by atoms with Crippen LogP contribution >= 0.6 is 0 Å². The molecule has 40 heavy (non-hydrogen) atoms. The van der Waals surface area contributed by atoms with Gasteiger partial charge < -0.3 is 14.4 Å². The van der Waals surface area contributed by atoms with Crippen molar-refractivity contribution in [1.29, 1.82) is 0 Å². The molecule has 0 saturated heterocycles. The lowest BCUT2D eigenvalue weighted by molar-refractivity contribution is -0.143. The molecule has 0 radical (unpaired) electrons. The molecule has 3 rings (SSSR count). The highest BCUT2D eigenvalue weighted by Gasteiger charge is 2.38. The lowest BCUT2D eigenvalue weighted by Gasteiger charge is -2.33. The first kappa shape index (κ1) is 31.2. The Labute approximate surface area is 230 Å². The third-order valence-electron chi connectivity index (χ3n) is 6.14. The summed E-state index contributed by atoms with van der Waals surface area (Å²) in [5.74, 6) is -0.599. The number of hydrogen-bond donors (Lipinski definition) is 1. The second kappa shape index (κ2) is 12.1. The molecular weight excluding hydrogens is 564 g/mol. The molecule has 2 unspecified atom stereocenters. The van der Waals surface area contributed by atoms with Gasteiger partial charge in [0.05, 0.1) is 29.0 Å². The predicted molar refractivity (Wildman–Crippen MR) is 138 cm³/mol. The van der Waals surface area contributed by atoms with Crippen molar-refractivity contribution in [3.8, 4) is 0 Å². The summed E-state index contributed by atoms with van der Waals surface area (Å²) in [4.78, 5) is 28.3. The number of anilines is 2. The molecule has 1 heterocycles. The maximum absolute atomic E-state index is 13.5. The number of hydrogen-bond acceptors (Lipinski definition) is 4. The Morgan fingerprint density at radius 2 is 1.68 bits per heavy atom. The van der Waals surface area contributed by atoms with Crippen molar-refractivity contribution in [2.75, 3.05) is 22.4 Å². The number of nitrogens with one attached hydrogen (secondary N) is 1. The van der Waals surface area contributed by atoms with Gasteiger partial charge in [-0.3, -0.25) is 9.69 Å². The zero-order chi connectivity index (χ0) is 30.0. The van der Waals surface area contributed by atoms with E-state index in [1.165, 1.54) is 16.1 Å². The molecule has 1 aliphatic rings. The second-order valence-electron chi connectivity index (χ2n) is 9.63. The van der Waals surface area contributed by atoms with Crippen molar-refractivity contribution in [1.82, 2.24) is 4.90 Å². The molecule has 220 valence electrons. The van der Waals surface area contributed by atoms with E-state index in [1.54, 1.807) is 32.0 Å². The standard InChI is InChI=1S/C26H29F6N3O4S/c1-15(2)39-24(37)34-9-5-6-22(21-13-20(33-40(4)38)7-8-23(21)34)35(16(3)36)14-17-10-18(25(27,28)29)12-19(11-17)26(30,31)32/h7-8,10-13,15,22,33H,5-6,9,14H2,1-4H3. The number of benzene rings is 2. The highest BCUT2D eigenvalue weighted by Crippen LogP contribution is 2.41. The number of carbonyl (C=O) groups is 2. The Hall–Kier alpha value is -3.29. The van der Waals surface area contributed by atoms with Crippen molar-refractivity contribution < 1.29 is 44.9 Å². The first-order valence-corrected chi connectivity index (χ1v) is 13.8. The highest BCUT2D eigenvalue weighted by molar-refractivity contribution is 7.85. The van der Waals surface area contributed by atoms with E-state index < -0.39 is 65.2 Å². The van der Waals surface area contributed by atoms with Gasteiger partial charge in [0.15, 0.2) is 0 Å². The number of nitrogens with zero attached hydrogens (tertiary/aromatic N) is 2. The maximum atomic E-state index is 13.5. The lowest BCUT2D eigenvalue weighted by atomic mass is 9.97. The number of carbonyl (C=O) groups excluding carboxylic acids is 2. The molecule has 1 N–H and O–H groups in total. The van der Waals surface area contributed by atoms with E-state index >= 15 is 0 Å². The fourth-order valence-corrected chi connectivity index (χ4v) is 5.00. The summed E-state index contributed by atoms with van der Waals surface area (Å²) in [6, 6.07) is 5.07. The van der Waals surface area contributed by atoms with E-state index in [9.17, 15) is 40.1 Å². The molecule has 0 saturated carbocycles. The third kappa shape index (κ3) is 7.67. The number of fused-ring (bicyclic) bond motifs is 1. The van der Waals surface area contributed by atoms with E-state index in [1.807, 2.05) is 0 Å². The predicted octanol–water partition coefficient (Wildman–Crippen LogP) is 6.66.